The van der Waals surface area contributed by atoms with Crippen LogP contribution in [0.2, 0.25) is 0 Å². The molecular formula is C9H17NO2. The summed E-state index contributed by atoms with van der Waals surface area (Å²) in [7, 11) is 0. The van der Waals surface area contributed by atoms with Crippen LogP contribution in [0, 0.1) is 11.8 Å². The van der Waals surface area contributed by atoms with Crippen molar-refractivity contribution in [2.75, 3.05) is 0 Å². The zero-order chi connectivity index (χ0) is 9.14. The van der Waals surface area contributed by atoms with Crippen LogP contribution in [0.1, 0.15) is 32.6 Å². The van der Waals surface area contributed by atoms with Crippen molar-refractivity contribution in [3.05, 3.63) is 0 Å². The fourth-order valence-corrected chi connectivity index (χ4v) is 1.70. The first-order valence-corrected chi connectivity index (χ1v) is 4.58. The van der Waals surface area contributed by atoms with Crippen molar-refractivity contribution < 1.29 is 9.90 Å². The molecule has 0 aromatic carbocycles. The van der Waals surface area contributed by atoms with Gasteiger partial charge in [0.1, 0.15) is 0 Å². The Morgan fingerprint density at radius 1 is 1.67 bits per heavy atom. The molecule has 0 aromatic heterocycles. The van der Waals surface area contributed by atoms with E-state index >= 15 is 0 Å². The molecule has 1 aliphatic rings. The van der Waals surface area contributed by atoms with Gasteiger partial charge < -0.3 is 10.8 Å². The van der Waals surface area contributed by atoms with Gasteiger partial charge in [0.2, 0.25) is 0 Å². The van der Waals surface area contributed by atoms with E-state index in [0.717, 1.165) is 0 Å². The van der Waals surface area contributed by atoms with Crippen molar-refractivity contribution in [2.24, 2.45) is 17.6 Å². The van der Waals surface area contributed by atoms with E-state index in [9.17, 15) is 4.79 Å². The Morgan fingerprint density at radius 3 is 2.58 bits per heavy atom. The number of nitrogens with two attached hydrogens (primary N) is 1. The predicted molar refractivity (Wildman–Crippen MR) is 46.7 cm³/mol. The van der Waals surface area contributed by atoms with Crippen LogP contribution in [0.4, 0.5) is 0 Å². The molecule has 1 aliphatic carbocycles. The van der Waals surface area contributed by atoms with E-state index in [1.165, 1.54) is 19.3 Å². The average Bonchev–Trinajstić information content (AvgIpc) is 1.81. The monoisotopic (exact) mass is 171 g/mol. The third-order valence-electron chi connectivity index (χ3n) is 2.85. The van der Waals surface area contributed by atoms with Crippen molar-refractivity contribution in [3.63, 3.8) is 0 Å². The van der Waals surface area contributed by atoms with E-state index in [-0.39, 0.29) is 18.4 Å². The van der Waals surface area contributed by atoms with Crippen molar-refractivity contribution >= 4 is 5.97 Å². The second kappa shape index (κ2) is 3.90. The number of carboxylic acid groups (broad SMARTS) is 1. The first-order chi connectivity index (χ1) is 5.61. The Hall–Kier alpha value is -0.570. The van der Waals surface area contributed by atoms with Crippen molar-refractivity contribution in [1.29, 1.82) is 0 Å². The van der Waals surface area contributed by atoms with Gasteiger partial charge in [0.15, 0.2) is 0 Å². The molecule has 0 aliphatic heterocycles. The van der Waals surface area contributed by atoms with Gasteiger partial charge >= 0.3 is 5.97 Å². The van der Waals surface area contributed by atoms with Gasteiger partial charge in [-0.25, -0.2) is 0 Å². The summed E-state index contributed by atoms with van der Waals surface area (Å²) in [5, 5.41) is 8.55. The van der Waals surface area contributed by atoms with Gasteiger partial charge in [-0.2, -0.15) is 0 Å². The molecule has 2 unspecified atom stereocenters. The highest BCUT2D eigenvalue weighted by Crippen LogP contribution is 2.32. The molecule has 1 rings (SSSR count). The summed E-state index contributed by atoms with van der Waals surface area (Å²) in [6.45, 7) is 1.93. The van der Waals surface area contributed by atoms with Gasteiger partial charge in [-0.3, -0.25) is 4.79 Å². The number of carboxylic acids is 1. The topological polar surface area (TPSA) is 63.3 Å². The van der Waals surface area contributed by atoms with Crippen molar-refractivity contribution in [3.8, 4) is 0 Å². The average molecular weight is 171 g/mol. The van der Waals surface area contributed by atoms with Gasteiger partial charge in [0.05, 0.1) is 0 Å². The summed E-state index contributed by atoms with van der Waals surface area (Å²) >= 11 is 0. The number of carbonyl (C=O) groups is 1. The lowest BCUT2D eigenvalue weighted by Crippen LogP contribution is -2.40. The quantitative estimate of drug-likeness (QED) is 0.668. The van der Waals surface area contributed by atoms with Gasteiger partial charge in [-0.15, -0.1) is 0 Å². The lowest BCUT2D eigenvalue weighted by Gasteiger charge is -2.34. The zero-order valence-electron chi connectivity index (χ0n) is 7.49. The summed E-state index contributed by atoms with van der Waals surface area (Å²) < 4.78 is 0. The largest absolute Gasteiger partial charge is 0.481 e. The van der Waals surface area contributed by atoms with Crippen molar-refractivity contribution in [2.45, 2.75) is 38.6 Å². The van der Waals surface area contributed by atoms with E-state index in [2.05, 4.69) is 0 Å². The first-order valence-electron chi connectivity index (χ1n) is 4.58. The minimum absolute atomic E-state index is 0.0925. The normalized spacial score (nSPS) is 22.8. The second-order valence-electron chi connectivity index (χ2n) is 3.84. The molecule has 0 bridgehead atoms. The number of hydrogen-bond acceptors (Lipinski definition) is 2. The molecule has 0 spiro atoms. The van der Waals surface area contributed by atoms with E-state index in [4.69, 9.17) is 10.8 Å². The van der Waals surface area contributed by atoms with Crippen LogP contribution in [-0.4, -0.2) is 17.1 Å². The minimum Gasteiger partial charge on any atom is -0.481 e. The predicted octanol–water partition coefficient (Wildman–Crippen LogP) is 1.22. The van der Waals surface area contributed by atoms with Crippen LogP contribution >= 0.6 is 0 Å². The van der Waals surface area contributed by atoms with Crippen LogP contribution in [0.3, 0.4) is 0 Å². The maximum atomic E-state index is 10.4. The van der Waals surface area contributed by atoms with Crippen LogP contribution in [0.25, 0.3) is 0 Å². The molecule has 12 heavy (non-hydrogen) atoms. The van der Waals surface area contributed by atoms with Crippen LogP contribution in [-0.2, 0) is 4.79 Å². The van der Waals surface area contributed by atoms with E-state index in [1.807, 2.05) is 6.92 Å². The number of hydrogen-bond donors (Lipinski definition) is 2. The van der Waals surface area contributed by atoms with E-state index in [1.54, 1.807) is 0 Å². The molecule has 1 fully saturated rings. The summed E-state index contributed by atoms with van der Waals surface area (Å²) in [5.41, 5.74) is 5.91. The lowest BCUT2D eigenvalue weighted by atomic mass is 9.75. The molecule has 0 heterocycles. The van der Waals surface area contributed by atoms with Gasteiger partial charge in [0.25, 0.3) is 0 Å². The number of aliphatic carboxylic acids is 1. The Morgan fingerprint density at radius 2 is 2.25 bits per heavy atom. The smallest absolute Gasteiger partial charge is 0.303 e. The SMILES string of the molecule is CC(CC(=O)O)C(N)C1CCC1. The Bertz CT molecular complexity index is 166. The fourth-order valence-electron chi connectivity index (χ4n) is 1.70. The molecule has 3 heteroatoms. The highest BCUT2D eigenvalue weighted by molar-refractivity contribution is 5.67. The van der Waals surface area contributed by atoms with Crippen LogP contribution in [0.5, 0.6) is 0 Å². The molecule has 1 saturated carbocycles. The second-order valence-corrected chi connectivity index (χ2v) is 3.84. The highest BCUT2D eigenvalue weighted by Gasteiger charge is 2.28. The number of rotatable bonds is 4. The third-order valence-corrected chi connectivity index (χ3v) is 2.85. The lowest BCUT2D eigenvalue weighted by molar-refractivity contribution is -0.138. The summed E-state index contributed by atoms with van der Waals surface area (Å²) in [6, 6.07) is 0.0925. The summed E-state index contributed by atoms with van der Waals surface area (Å²) in [4.78, 5) is 10.4. The van der Waals surface area contributed by atoms with Crippen LogP contribution in [0.15, 0.2) is 0 Å². The molecule has 0 radical (unpaired) electrons. The summed E-state index contributed by atoms with van der Waals surface area (Å²) in [6.07, 6.45) is 3.84. The Balaban J connectivity index is 2.29. The van der Waals surface area contributed by atoms with E-state index < -0.39 is 5.97 Å². The standard InChI is InChI=1S/C9H17NO2/c1-6(5-8(11)12)9(10)7-3-2-4-7/h6-7,9H,2-5,10H2,1H3,(H,11,12). The minimum atomic E-state index is -0.739. The summed E-state index contributed by atoms with van der Waals surface area (Å²) in [5.74, 6) is -0.0376. The first kappa shape index (κ1) is 9.52. The molecular weight excluding hydrogens is 154 g/mol. The maximum Gasteiger partial charge on any atom is 0.303 e. The molecule has 3 nitrogen and oxygen atoms in total. The molecule has 3 N–H and O–H groups in total. The third kappa shape index (κ3) is 2.21. The van der Waals surface area contributed by atoms with Gasteiger partial charge in [0, 0.05) is 12.5 Å². The van der Waals surface area contributed by atoms with E-state index in [0.29, 0.717) is 5.92 Å². The Kier molecular flexibility index (Phi) is 3.09. The maximum absolute atomic E-state index is 10.4. The van der Waals surface area contributed by atoms with Crippen molar-refractivity contribution in [1.82, 2.24) is 0 Å². The molecule has 0 amide bonds. The molecule has 0 saturated heterocycles. The zero-order valence-corrected chi connectivity index (χ0v) is 7.49. The molecule has 70 valence electrons. The molecule has 0 aromatic rings. The van der Waals surface area contributed by atoms with Crippen LogP contribution < -0.4 is 5.73 Å². The van der Waals surface area contributed by atoms with Gasteiger partial charge in [-0.05, 0) is 24.7 Å². The fraction of sp³-hybridized carbons (Fsp3) is 0.889. The molecule has 2 atom stereocenters. The van der Waals surface area contributed by atoms with Gasteiger partial charge in [-0.1, -0.05) is 13.3 Å². The Labute approximate surface area is 72.9 Å². The highest BCUT2D eigenvalue weighted by atomic mass is 16.4.